The molecule has 0 spiro atoms. The van der Waals surface area contributed by atoms with Crippen molar-refractivity contribution < 1.29 is 9.53 Å². The van der Waals surface area contributed by atoms with Gasteiger partial charge in [-0.3, -0.25) is 4.79 Å². The smallest absolute Gasteiger partial charge is 0.242 e. The third kappa shape index (κ3) is 4.36. The second-order valence-electron chi connectivity index (χ2n) is 6.18. The number of hydrogen-bond acceptors (Lipinski definition) is 5. The molecule has 2 aliphatic heterocycles. The van der Waals surface area contributed by atoms with E-state index in [0.29, 0.717) is 32.8 Å². The molecule has 23 heavy (non-hydrogen) atoms. The van der Waals surface area contributed by atoms with Crippen molar-refractivity contribution in [1.82, 2.24) is 9.80 Å². The van der Waals surface area contributed by atoms with Crippen LogP contribution >= 0.6 is 0 Å². The minimum atomic E-state index is 0.136. The molecule has 0 unspecified atom stereocenters. The molecule has 0 saturated carbocycles. The number of rotatable bonds is 4. The average molecular weight is 318 g/mol. The van der Waals surface area contributed by atoms with Crippen molar-refractivity contribution in [2.45, 2.75) is 0 Å². The first-order valence-electron chi connectivity index (χ1n) is 8.35. The van der Waals surface area contributed by atoms with Crippen LogP contribution < -0.4 is 10.2 Å². The molecule has 1 aromatic carbocycles. The van der Waals surface area contributed by atoms with Gasteiger partial charge in [0.25, 0.3) is 0 Å². The molecule has 6 heteroatoms. The van der Waals surface area contributed by atoms with E-state index in [1.807, 2.05) is 4.90 Å². The highest BCUT2D eigenvalue weighted by atomic mass is 16.5. The molecule has 3 rings (SSSR count). The number of anilines is 2. The molecular formula is C17H26N4O2. The summed E-state index contributed by atoms with van der Waals surface area (Å²) < 4.78 is 5.27. The van der Waals surface area contributed by atoms with Gasteiger partial charge < -0.3 is 24.8 Å². The van der Waals surface area contributed by atoms with Gasteiger partial charge in [0.15, 0.2) is 0 Å². The van der Waals surface area contributed by atoms with Crippen LogP contribution in [0.3, 0.4) is 0 Å². The highest BCUT2D eigenvalue weighted by Gasteiger charge is 2.16. The molecule has 0 aliphatic carbocycles. The molecule has 6 nitrogen and oxygen atoms in total. The Morgan fingerprint density at radius 3 is 2.35 bits per heavy atom. The Kier molecular flexibility index (Phi) is 5.35. The first-order chi connectivity index (χ1) is 11.2. The third-order valence-electron chi connectivity index (χ3n) is 4.54. The molecule has 0 radical (unpaired) electrons. The molecule has 2 aliphatic rings. The number of nitrogens with one attached hydrogen (secondary N) is 1. The second kappa shape index (κ2) is 7.66. The first-order valence-corrected chi connectivity index (χ1v) is 8.35. The number of amides is 1. The predicted molar refractivity (Wildman–Crippen MR) is 92.0 cm³/mol. The largest absolute Gasteiger partial charge is 0.378 e. The zero-order valence-electron chi connectivity index (χ0n) is 13.8. The van der Waals surface area contributed by atoms with Gasteiger partial charge >= 0.3 is 0 Å². The summed E-state index contributed by atoms with van der Waals surface area (Å²) in [6.45, 7) is 7.37. The molecule has 2 saturated heterocycles. The van der Waals surface area contributed by atoms with Crippen molar-refractivity contribution in [3.8, 4) is 0 Å². The Morgan fingerprint density at radius 2 is 1.70 bits per heavy atom. The van der Waals surface area contributed by atoms with Crippen LogP contribution in [-0.4, -0.2) is 81.8 Å². The van der Waals surface area contributed by atoms with E-state index in [-0.39, 0.29) is 5.91 Å². The van der Waals surface area contributed by atoms with Crippen molar-refractivity contribution >= 4 is 17.3 Å². The lowest BCUT2D eigenvalue weighted by molar-refractivity contribution is -0.133. The lowest BCUT2D eigenvalue weighted by atomic mass is 10.2. The fraction of sp³-hybridized carbons (Fsp3) is 0.588. The summed E-state index contributed by atoms with van der Waals surface area (Å²) in [5.41, 5.74) is 2.24. The summed E-state index contributed by atoms with van der Waals surface area (Å²) in [6, 6.07) is 8.38. The minimum absolute atomic E-state index is 0.136. The van der Waals surface area contributed by atoms with Crippen molar-refractivity contribution in [2.24, 2.45) is 0 Å². The van der Waals surface area contributed by atoms with Crippen LogP contribution in [0.25, 0.3) is 0 Å². The highest BCUT2D eigenvalue weighted by Crippen LogP contribution is 2.19. The van der Waals surface area contributed by atoms with Crippen molar-refractivity contribution in [3.63, 3.8) is 0 Å². The van der Waals surface area contributed by atoms with Crippen LogP contribution in [0.1, 0.15) is 0 Å². The Balaban J connectivity index is 1.48. The predicted octanol–water partition coefficient (Wildman–Crippen LogP) is 0.709. The summed E-state index contributed by atoms with van der Waals surface area (Å²) in [4.78, 5) is 18.7. The number of morpholine rings is 1. The van der Waals surface area contributed by atoms with E-state index in [1.165, 1.54) is 5.69 Å². The standard InChI is InChI=1S/C17H26N4O2/c1-19-6-8-20(9-7-19)16-4-2-15(3-5-16)18-14-17(22)21-10-12-23-13-11-21/h2-5,18H,6-14H2,1H3. The van der Waals surface area contributed by atoms with Gasteiger partial charge in [0, 0.05) is 50.6 Å². The quantitative estimate of drug-likeness (QED) is 0.886. The molecule has 2 heterocycles. The van der Waals surface area contributed by atoms with Crippen molar-refractivity contribution in [1.29, 1.82) is 0 Å². The molecule has 0 bridgehead atoms. The molecule has 2 fully saturated rings. The monoisotopic (exact) mass is 318 g/mol. The molecule has 1 N–H and O–H groups in total. The van der Waals surface area contributed by atoms with E-state index in [0.717, 1.165) is 31.9 Å². The lowest BCUT2D eigenvalue weighted by Crippen LogP contribution is -2.44. The van der Waals surface area contributed by atoms with E-state index in [4.69, 9.17) is 4.74 Å². The van der Waals surface area contributed by atoms with Gasteiger partial charge in [-0.05, 0) is 31.3 Å². The topological polar surface area (TPSA) is 48.0 Å². The average Bonchev–Trinajstić information content (AvgIpc) is 2.61. The van der Waals surface area contributed by atoms with Gasteiger partial charge in [0.05, 0.1) is 19.8 Å². The maximum atomic E-state index is 12.1. The Hall–Kier alpha value is -1.79. The fourth-order valence-corrected chi connectivity index (χ4v) is 2.96. The molecule has 0 atom stereocenters. The number of piperazine rings is 1. The summed E-state index contributed by atoms with van der Waals surface area (Å²) in [5, 5.41) is 3.22. The van der Waals surface area contributed by atoms with E-state index < -0.39 is 0 Å². The van der Waals surface area contributed by atoms with E-state index in [1.54, 1.807) is 0 Å². The fourth-order valence-electron chi connectivity index (χ4n) is 2.96. The molecule has 0 aromatic heterocycles. The molecule has 126 valence electrons. The first kappa shape index (κ1) is 16.1. The van der Waals surface area contributed by atoms with Gasteiger partial charge in [-0.25, -0.2) is 0 Å². The summed E-state index contributed by atoms with van der Waals surface area (Å²) in [6.07, 6.45) is 0. The normalized spacial score (nSPS) is 19.7. The summed E-state index contributed by atoms with van der Waals surface area (Å²) in [5.74, 6) is 0.136. The van der Waals surface area contributed by atoms with Crippen LogP contribution in [-0.2, 0) is 9.53 Å². The zero-order chi connectivity index (χ0) is 16.1. The van der Waals surface area contributed by atoms with Crippen LogP contribution in [0.4, 0.5) is 11.4 Å². The van der Waals surface area contributed by atoms with Gasteiger partial charge in [-0.1, -0.05) is 0 Å². The zero-order valence-corrected chi connectivity index (χ0v) is 13.8. The van der Waals surface area contributed by atoms with Crippen molar-refractivity contribution in [3.05, 3.63) is 24.3 Å². The van der Waals surface area contributed by atoms with Crippen molar-refractivity contribution in [2.75, 3.05) is 76.3 Å². The van der Waals surface area contributed by atoms with Crippen LogP contribution in [0, 0.1) is 0 Å². The maximum Gasteiger partial charge on any atom is 0.242 e. The van der Waals surface area contributed by atoms with Gasteiger partial charge in [0.2, 0.25) is 5.91 Å². The number of ether oxygens (including phenoxy) is 1. The Labute approximate surface area is 138 Å². The number of nitrogens with zero attached hydrogens (tertiary/aromatic N) is 3. The van der Waals surface area contributed by atoms with E-state index in [2.05, 4.69) is 46.4 Å². The molecular weight excluding hydrogens is 292 g/mol. The van der Waals surface area contributed by atoms with Crippen LogP contribution in [0.5, 0.6) is 0 Å². The van der Waals surface area contributed by atoms with E-state index >= 15 is 0 Å². The maximum absolute atomic E-state index is 12.1. The SMILES string of the molecule is CN1CCN(c2ccc(NCC(=O)N3CCOCC3)cc2)CC1. The molecule has 1 aromatic rings. The van der Waals surface area contributed by atoms with E-state index in [9.17, 15) is 4.79 Å². The lowest BCUT2D eigenvalue weighted by Gasteiger charge is -2.34. The number of carbonyl (C=O) groups is 1. The van der Waals surface area contributed by atoms with Crippen LogP contribution in [0.15, 0.2) is 24.3 Å². The summed E-state index contributed by atoms with van der Waals surface area (Å²) in [7, 11) is 2.16. The second-order valence-corrected chi connectivity index (χ2v) is 6.18. The van der Waals surface area contributed by atoms with Gasteiger partial charge in [-0.15, -0.1) is 0 Å². The number of hydrogen-bond donors (Lipinski definition) is 1. The van der Waals surface area contributed by atoms with Gasteiger partial charge in [-0.2, -0.15) is 0 Å². The van der Waals surface area contributed by atoms with Gasteiger partial charge in [0.1, 0.15) is 0 Å². The summed E-state index contributed by atoms with van der Waals surface area (Å²) >= 11 is 0. The third-order valence-corrected chi connectivity index (χ3v) is 4.54. The number of likely N-dealkylation sites (N-methyl/N-ethyl adjacent to an activating group) is 1. The Bertz CT molecular complexity index is 506. The number of benzene rings is 1. The molecule has 1 amide bonds. The Morgan fingerprint density at radius 1 is 1.04 bits per heavy atom. The minimum Gasteiger partial charge on any atom is -0.378 e. The van der Waals surface area contributed by atoms with Crippen LogP contribution in [0.2, 0.25) is 0 Å². The number of carbonyl (C=O) groups excluding carboxylic acids is 1. The highest BCUT2D eigenvalue weighted by molar-refractivity contribution is 5.81.